The summed E-state index contributed by atoms with van der Waals surface area (Å²) < 4.78 is 15.2. The number of hydrogen-bond acceptors (Lipinski definition) is 5. The molecular formula is C24H25FN4O3. The number of benzene rings is 1. The van der Waals surface area contributed by atoms with Crippen molar-refractivity contribution in [3.05, 3.63) is 83.1 Å². The minimum atomic E-state index is -0.957. The predicted octanol–water partition coefficient (Wildman–Crippen LogP) is 3.78. The van der Waals surface area contributed by atoms with Crippen LogP contribution in [-0.4, -0.2) is 37.5 Å². The summed E-state index contributed by atoms with van der Waals surface area (Å²) in [6, 6.07) is 9.81. The van der Waals surface area contributed by atoms with Crippen LogP contribution in [0.5, 0.6) is 0 Å². The number of carboxylic acids is 1. The van der Waals surface area contributed by atoms with E-state index < -0.39 is 23.8 Å². The molecule has 0 radical (unpaired) electrons. The monoisotopic (exact) mass is 436 g/mol. The van der Waals surface area contributed by atoms with Gasteiger partial charge in [-0.25, -0.2) is 9.37 Å². The SMILES string of the molecule is O=C(O)CC(Cn1cc(C=CC(O)c2ccc3c(n2)NCCC3)cn1)c1cccc(F)c1. The number of aliphatic hydroxyl groups excluding tert-OH is 1. The second kappa shape index (κ2) is 9.74. The first kappa shape index (κ1) is 21.7. The summed E-state index contributed by atoms with van der Waals surface area (Å²) >= 11 is 0. The van der Waals surface area contributed by atoms with Crippen molar-refractivity contribution in [2.24, 2.45) is 0 Å². The normalized spacial score (nSPS) is 15.2. The van der Waals surface area contributed by atoms with Crippen molar-refractivity contribution in [1.29, 1.82) is 0 Å². The standard InChI is InChI=1S/C24H25FN4O3/c25-20-5-1-3-18(11-20)19(12-23(31)32)15-29-14-16(13-27-29)6-9-22(30)21-8-7-17-4-2-10-26-24(17)28-21/h1,3,5-9,11,13-14,19,22,30H,2,4,10,12,15H2,(H,26,28)(H,31,32). The van der Waals surface area contributed by atoms with Crippen molar-refractivity contribution in [2.75, 3.05) is 11.9 Å². The van der Waals surface area contributed by atoms with Crippen LogP contribution < -0.4 is 5.32 Å². The number of halogens is 1. The van der Waals surface area contributed by atoms with Gasteiger partial charge in [-0.3, -0.25) is 9.48 Å². The number of pyridine rings is 1. The minimum absolute atomic E-state index is 0.134. The van der Waals surface area contributed by atoms with Crippen LogP contribution in [0.15, 0.2) is 54.9 Å². The van der Waals surface area contributed by atoms with Gasteiger partial charge in [0.2, 0.25) is 0 Å². The molecule has 3 N–H and O–H groups in total. The Bertz CT molecular complexity index is 1130. The highest BCUT2D eigenvalue weighted by Crippen LogP contribution is 2.24. The summed E-state index contributed by atoms with van der Waals surface area (Å²) in [5.74, 6) is -0.947. The summed E-state index contributed by atoms with van der Waals surface area (Å²) in [6.07, 6.45) is 7.85. The number of fused-ring (bicyclic) bond motifs is 1. The minimum Gasteiger partial charge on any atom is -0.481 e. The van der Waals surface area contributed by atoms with Crippen LogP contribution in [0.1, 0.15) is 47.2 Å². The van der Waals surface area contributed by atoms with E-state index in [0.29, 0.717) is 17.8 Å². The van der Waals surface area contributed by atoms with Crippen LogP contribution in [-0.2, 0) is 17.8 Å². The van der Waals surface area contributed by atoms with Gasteiger partial charge in [0, 0.05) is 30.8 Å². The van der Waals surface area contributed by atoms with Gasteiger partial charge in [0.05, 0.1) is 18.3 Å². The van der Waals surface area contributed by atoms with Crippen molar-refractivity contribution >= 4 is 17.9 Å². The number of aliphatic carboxylic acids is 1. The topological polar surface area (TPSA) is 100 Å². The van der Waals surface area contributed by atoms with Gasteiger partial charge in [-0.15, -0.1) is 0 Å². The van der Waals surface area contributed by atoms with Gasteiger partial charge in [-0.1, -0.05) is 24.3 Å². The smallest absolute Gasteiger partial charge is 0.304 e. The Morgan fingerprint density at radius 3 is 3.00 bits per heavy atom. The lowest BCUT2D eigenvalue weighted by molar-refractivity contribution is -0.137. The maximum Gasteiger partial charge on any atom is 0.304 e. The number of anilines is 1. The number of aromatic nitrogens is 3. The fourth-order valence-corrected chi connectivity index (χ4v) is 3.86. The van der Waals surface area contributed by atoms with Crippen LogP contribution in [0.2, 0.25) is 0 Å². The van der Waals surface area contributed by atoms with E-state index in [1.54, 1.807) is 41.4 Å². The number of rotatable bonds is 8. The lowest BCUT2D eigenvalue weighted by Gasteiger charge is -2.18. The van der Waals surface area contributed by atoms with Crippen molar-refractivity contribution in [3.8, 4) is 0 Å². The Labute approximate surface area is 185 Å². The third-order valence-electron chi connectivity index (χ3n) is 5.49. The molecule has 1 aromatic carbocycles. The van der Waals surface area contributed by atoms with E-state index in [0.717, 1.165) is 36.3 Å². The quantitative estimate of drug-likeness (QED) is 0.497. The zero-order valence-electron chi connectivity index (χ0n) is 17.5. The van der Waals surface area contributed by atoms with E-state index >= 15 is 0 Å². The molecule has 0 bridgehead atoms. The average Bonchev–Trinajstić information content (AvgIpc) is 3.23. The van der Waals surface area contributed by atoms with Gasteiger partial charge in [0.15, 0.2) is 0 Å². The molecule has 4 rings (SSSR count). The first-order valence-corrected chi connectivity index (χ1v) is 10.6. The van der Waals surface area contributed by atoms with E-state index in [9.17, 15) is 19.4 Å². The molecule has 2 unspecified atom stereocenters. The summed E-state index contributed by atoms with van der Waals surface area (Å²) in [5.41, 5.74) is 3.09. The first-order valence-electron chi connectivity index (χ1n) is 10.6. The maximum atomic E-state index is 13.6. The molecule has 0 spiro atoms. The van der Waals surface area contributed by atoms with Crippen molar-refractivity contribution < 1.29 is 19.4 Å². The second-order valence-corrected chi connectivity index (χ2v) is 7.92. The molecule has 3 aromatic rings. The first-order chi connectivity index (χ1) is 15.5. The molecule has 0 amide bonds. The largest absolute Gasteiger partial charge is 0.481 e. The van der Waals surface area contributed by atoms with Crippen LogP contribution in [0.3, 0.4) is 0 Å². The molecule has 166 valence electrons. The molecule has 0 saturated carbocycles. The Morgan fingerprint density at radius 1 is 1.31 bits per heavy atom. The number of carboxylic acid groups (broad SMARTS) is 1. The summed E-state index contributed by atoms with van der Waals surface area (Å²) in [5, 5.41) is 27.3. The van der Waals surface area contributed by atoms with Gasteiger partial charge in [-0.2, -0.15) is 5.10 Å². The third-order valence-corrected chi connectivity index (χ3v) is 5.49. The van der Waals surface area contributed by atoms with E-state index in [1.807, 2.05) is 12.1 Å². The Kier molecular flexibility index (Phi) is 6.61. The Balaban J connectivity index is 1.44. The van der Waals surface area contributed by atoms with Crippen LogP contribution in [0, 0.1) is 5.82 Å². The lowest BCUT2D eigenvalue weighted by atomic mass is 9.95. The van der Waals surface area contributed by atoms with Gasteiger partial charge >= 0.3 is 5.97 Å². The van der Waals surface area contributed by atoms with Crippen molar-refractivity contribution in [3.63, 3.8) is 0 Å². The number of aryl methyl sites for hydroxylation is 1. The molecular weight excluding hydrogens is 411 g/mol. The average molecular weight is 436 g/mol. The van der Waals surface area contributed by atoms with Crippen LogP contribution in [0.25, 0.3) is 6.08 Å². The highest BCUT2D eigenvalue weighted by atomic mass is 19.1. The van der Waals surface area contributed by atoms with E-state index in [4.69, 9.17) is 0 Å². The highest BCUT2D eigenvalue weighted by Gasteiger charge is 2.18. The number of nitrogens with one attached hydrogen (secondary N) is 1. The maximum absolute atomic E-state index is 13.6. The summed E-state index contributed by atoms with van der Waals surface area (Å²) in [7, 11) is 0. The van der Waals surface area contributed by atoms with E-state index in [2.05, 4.69) is 15.4 Å². The lowest BCUT2D eigenvalue weighted by Crippen LogP contribution is -2.14. The van der Waals surface area contributed by atoms with E-state index in [-0.39, 0.29) is 6.42 Å². The zero-order chi connectivity index (χ0) is 22.5. The molecule has 0 saturated heterocycles. The van der Waals surface area contributed by atoms with E-state index in [1.165, 1.54) is 12.1 Å². The summed E-state index contributed by atoms with van der Waals surface area (Å²) in [4.78, 5) is 15.8. The second-order valence-electron chi connectivity index (χ2n) is 7.92. The molecule has 7 nitrogen and oxygen atoms in total. The third kappa shape index (κ3) is 5.39. The van der Waals surface area contributed by atoms with Crippen molar-refractivity contribution in [2.45, 2.75) is 37.8 Å². The van der Waals surface area contributed by atoms with Gasteiger partial charge in [0.25, 0.3) is 0 Å². The number of aliphatic hydroxyl groups is 1. The Morgan fingerprint density at radius 2 is 2.19 bits per heavy atom. The van der Waals surface area contributed by atoms with Gasteiger partial charge in [-0.05, 0) is 48.2 Å². The van der Waals surface area contributed by atoms with Gasteiger partial charge in [0.1, 0.15) is 17.7 Å². The molecule has 3 heterocycles. The fraction of sp³-hybridized carbons (Fsp3) is 0.292. The zero-order valence-corrected chi connectivity index (χ0v) is 17.5. The Hall–Kier alpha value is -3.52. The number of nitrogens with zero attached hydrogens (tertiary/aromatic N) is 3. The molecule has 0 fully saturated rings. The molecule has 2 aromatic heterocycles. The van der Waals surface area contributed by atoms with Crippen LogP contribution >= 0.6 is 0 Å². The molecule has 2 atom stereocenters. The molecule has 32 heavy (non-hydrogen) atoms. The summed E-state index contributed by atoms with van der Waals surface area (Å²) in [6.45, 7) is 1.18. The van der Waals surface area contributed by atoms with Crippen LogP contribution in [0.4, 0.5) is 10.2 Å². The van der Waals surface area contributed by atoms with Gasteiger partial charge < -0.3 is 15.5 Å². The molecule has 0 aliphatic carbocycles. The van der Waals surface area contributed by atoms with Crippen molar-refractivity contribution in [1.82, 2.24) is 14.8 Å². The predicted molar refractivity (Wildman–Crippen MR) is 119 cm³/mol. The molecule has 1 aliphatic heterocycles. The highest BCUT2D eigenvalue weighted by molar-refractivity contribution is 5.68. The number of hydrogen-bond donors (Lipinski definition) is 3. The number of carbonyl (C=O) groups is 1. The molecule has 8 heteroatoms. The fourth-order valence-electron chi connectivity index (χ4n) is 3.86. The molecule has 1 aliphatic rings.